The van der Waals surface area contributed by atoms with E-state index in [4.69, 9.17) is 24.3 Å². The van der Waals surface area contributed by atoms with Crippen molar-refractivity contribution in [3.8, 4) is 5.75 Å². The van der Waals surface area contributed by atoms with Crippen molar-refractivity contribution in [2.75, 3.05) is 6.61 Å². The van der Waals surface area contributed by atoms with E-state index in [9.17, 15) is 24.4 Å². The van der Waals surface area contributed by atoms with Crippen LogP contribution >= 0.6 is 7.75 Å². The molecular weight excluding hydrogens is 529 g/mol. The van der Waals surface area contributed by atoms with Gasteiger partial charge in [-0.3, -0.25) is 14.1 Å². The van der Waals surface area contributed by atoms with E-state index in [1.54, 1.807) is 42.6 Å². The Morgan fingerprint density at radius 2 is 1.90 bits per heavy atom. The minimum absolute atomic E-state index is 0.181. The Hall–Kier alpha value is -2.73. The Morgan fingerprint density at radius 3 is 2.59 bits per heavy atom. The van der Waals surface area contributed by atoms with Gasteiger partial charge in [0, 0.05) is 18.0 Å². The van der Waals surface area contributed by atoms with Crippen molar-refractivity contribution >= 4 is 19.6 Å². The van der Waals surface area contributed by atoms with Gasteiger partial charge in [-0.25, -0.2) is 4.57 Å². The number of carbonyl (C=O) groups is 2. The fourth-order valence-corrected chi connectivity index (χ4v) is 6.14. The lowest BCUT2D eigenvalue weighted by Crippen LogP contribution is -2.40. The van der Waals surface area contributed by atoms with Crippen molar-refractivity contribution in [2.24, 2.45) is 5.73 Å². The summed E-state index contributed by atoms with van der Waals surface area (Å²) in [6, 6.07) is 7.26. The lowest BCUT2D eigenvalue weighted by atomic mass is 9.98. The van der Waals surface area contributed by atoms with Crippen LogP contribution in [0.3, 0.4) is 0 Å². The minimum Gasteiger partial charge on any atom is -0.461 e. The van der Waals surface area contributed by atoms with Crippen LogP contribution in [0.5, 0.6) is 5.75 Å². The number of aliphatic hydroxyl groups is 2. The molecule has 0 spiro atoms. The molecule has 214 valence electrons. The van der Waals surface area contributed by atoms with Gasteiger partial charge in [0.05, 0.1) is 6.61 Å². The number of aliphatic hydroxyl groups excluding tert-OH is 2. The Kier molecular flexibility index (Phi) is 9.81. The number of hydrogen-bond donors (Lipinski definition) is 4. The molecule has 39 heavy (non-hydrogen) atoms. The number of nitrogens with two attached hydrogens (primary N) is 1. The Balaban J connectivity index is 1.42. The number of primary amides is 1. The van der Waals surface area contributed by atoms with Gasteiger partial charge in [0.2, 0.25) is 5.91 Å². The first-order valence-electron chi connectivity index (χ1n) is 13.1. The highest BCUT2D eigenvalue weighted by molar-refractivity contribution is 7.52. The van der Waals surface area contributed by atoms with Gasteiger partial charge in [0.25, 0.3) is 0 Å². The number of amides is 1. The number of nitrogens with one attached hydrogen (secondary N) is 1. The van der Waals surface area contributed by atoms with Gasteiger partial charge >= 0.3 is 13.7 Å². The van der Waals surface area contributed by atoms with E-state index in [1.165, 1.54) is 18.0 Å². The summed E-state index contributed by atoms with van der Waals surface area (Å²) in [7, 11) is -4.20. The van der Waals surface area contributed by atoms with E-state index >= 15 is 0 Å². The van der Waals surface area contributed by atoms with Gasteiger partial charge in [-0.1, -0.05) is 30.7 Å². The highest BCUT2D eigenvalue weighted by Crippen LogP contribution is 2.45. The Bertz CT molecular complexity index is 1110. The molecule has 3 aliphatic rings. The number of allylic oxidation sites excluding steroid dienone is 1. The molecule has 0 aromatic heterocycles. The summed E-state index contributed by atoms with van der Waals surface area (Å²) in [6.07, 6.45) is 4.58. The fourth-order valence-electron chi connectivity index (χ4n) is 4.63. The zero-order valence-corrected chi connectivity index (χ0v) is 22.7. The van der Waals surface area contributed by atoms with E-state index in [0.717, 1.165) is 32.1 Å². The molecular formula is C26H36N3O9P. The number of benzene rings is 1. The van der Waals surface area contributed by atoms with Gasteiger partial charge < -0.3 is 34.8 Å². The molecule has 1 saturated heterocycles. The van der Waals surface area contributed by atoms with Crippen molar-refractivity contribution in [2.45, 2.75) is 82.1 Å². The van der Waals surface area contributed by atoms with Crippen LogP contribution in [0, 0.1) is 0 Å². The quantitative estimate of drug-likeness (QED) is 0.229. The van der Waals surface area contributed by atoms with Crippen LogP contribution in [0.4, 0.5) is 0 Å². The van der Waals surface area contributed by atoms with E-state index in [0.29, 0.717) is 12.0 Å². The maximum absolute atomic E-state index is 13.8. The number of hydrogen-bond acceptors (Lipinski definition) is 10. The first-order chi connectivity index (χ1) is 18.6. The molecule has 6 atom stereocenters. The summed E-state index contributed by atoms with van der Waals surface area (Å²) >= 11 is 0. The summed E-state index contributed by atoms with van der Waals surface area (Å²) in [4.78, 5) is 25.7. The molecule has 1 aromatic rings. The maximum atomic E-state index is 13.8. The lowest BCUT2D eigenvalue weighted by molar-refractivity contribution is -0.152. The molecule has 4 rings (SSSR count). The smallest absolute Gasteiger partial charge is 0.459 e. The van der Waals surface area contributed by atoms with Gasteiger partial charge in [-0.05, 0) is 51.2 Å². The summed E-state index contributed by atoms with van der Waals surface area (Å²) in [5.41, 5.74) is 5.67. The summed E-state index contributed by atoms with van der Waals surface area (Å²) in [6.45, 7) is 1.06. The van der Waals surface area contributed by atoms with E-state index < -0.39 is 56.8 Å². The second kappa shape index (κ2) is 13.1. The third-order valence-corrected chi connectivity index (χ3v) is 8.43. The van der Waals surface area contributed by atoms with E-state index in [1.807, 2.05) is 0 Å². The van der Waals surface area contributed by atoms with Crippen LogP contribution in [-0.4, -0.2) is 70.3 Å². The van der Waals surface area contributed by atoms with Gasteiger partial charge in [-0.15, -0.1) is 0 Å². The summed E-state index contributed by atoms with van der Waals surface area (Å²) in [5.74, 6) is -0.961. The number of rotatable bonds is 11. The fraction of sp³-hybridized carbons (Fsp3) is 0.538. The third-order valence-electron chi connectivity index (χ3n) is 6.79. The highest BCUT2D eigenvalue weighted by atomic mass is 31.2. The van der Waals surface area contributed by atoms with Crippen LogP contribution in [-0.2, 0) is 28.2 Å². The second-order valence-electron chi connectivity index (χ2n) is 9.85. The molecule has 2 aliphatic heterocycles. The van der Waals surface area contributed by atoms with Crippen molar-refractivity contribution in [3.05, 3.63) is 54.4 Å². The maximum Gasteiger partial charge on any atom is 0.459 e. The molecule has 1 aliphatic carbocycles. The average molecular weight is 566 g/mol. The van der Waals surface area contributed by atoms with Crippen molar-refractivity contribution in [1.29, 1.82) is 0 Å². The summed E-state index contributed by atoms with van der Waals surface area (Å²) < 4.78 is 36.5. The van der Waals surface area contributed by atoms with Crippen LogP contribution < -0.4 is 15.3 Å². The molecule has 5 N–H and O–H groups in total. The summed E-state index contributed by atoms with van der Waals surface area (Å²) in [5, 5.41) is 23.9. The molecule has 13 heteroatoms. The third kappa shape index (κ3) is 7.69. The lowest BCUT2D eigenvalue weighted by Gasteiger charge is -2.28. The molecule has 2 heterocycles. The monoisotopic (exact) mass is 565 g/mol. The predicted octanol–water partition coefficient (Wildman–Crippen LogP) is 2.08. The number of nitrogens with zero attached hydrogens (tertiary/aromatic N) is 1. The SMILES string of the molecule is C[C@H](NP(=O)(OC[C@H]1O[C@@H](N2C=CCC(C(N)=O)=C2)[C@@H](O)C1O)Oc1ccccc1)C(=O)OC1CCCCC1. The Morgan fingerprint density at radius 1 is 1.18 bits per heavy atom. The zero-order valence-electron chi connectivity index (χ0n) is 21.8. The number of ether oxygens (including phenoxy) is 2. The van der Waals surface area contributed by atoms with Crippen LogP contribution in [0.2, 0.25) is 0 Å². The van der Waals surface area contributed by atoms with Gasteiger partial charge in [-0.2, -0.15) is 5.09 Å². The van der Waals surface area contributed by atoms with E-state index in [2.05, 4.69) is 5.09 Å². The normalized spacial score (nSPS) is 27.9. The first-order valence-corrected chi connectivity index (χ1v) is 14.6. The molecule has 1 saturated carbocycles. The second-order valence-corrected chi connectivity index (χ2v) is 11.5. The molecule has 2 unspecified atom stereocenters. The van der Waals surface area contributed by atoms with Gasteiger partial charge in [0.15, 0.2) is 6.23 Å². The van der Waals surface area contributed by atoms with Crippen molar-refractivity contribution in [1.82, 2.24) is 9.99 Å². The van der Waals surface area contributed by atoms with Gasteiger partial charge in [0.1, 0.15) is 36.2 Å². The minimum atomic E-state index is -4.20. The van der Waals surface area contributed by atoms with Crippen molar-refractivity contribution in [3.63, 3.8) is 0 Å². The van der Waals surface area contributed by atoms with Crippen molar-refractivity contribution < 1.29 is 42.9 Å². The highest BCUT2D eigenvalue weighted by Gasteiger charge is 2.46. The first kappa shape index (κ1) is 29.3. The topological polar surface area (TPSA) is 170 Å². The number of esters is 1. The molecule has 1 aromatic carbocycles. The molecule has 1 amide bonds. The number of carbonyl (C=O) groups excluding carboxylic acids is 2. The molecule has 12 nitrogen and oxygen atoms in total. The largest absolute Gasteiger partial charge is 0.461 e. The zero-order chi connectivity index (χ0) is 28.0. The molecule has 0 bridgehead atoms. The van der Waals surface area contributed by atoms with E-state index in [-0.39, 0.29) is 11.9 Å². The standard InChI is InChI=1S/C26H36N3O9P/c1-17(26(33)36-19-10-4-2-5-11-19)28-39(34,38-20-12-6-3-7-13-20)35-16-21-22(30)23(31)25(37-21)29-14-8-9-18(15-29)24(27)32/h3,6-8,12-15,17,19,21-23,25,30-31H,2,4-5,9-11,16H2,1H3,(H2,27,32)(H,28,34)/t17-,21+,22?,23-,25+,39?/m0/s1. The molecule has 0 radical (unpaired) electrons. The average Bonchev–Trinajstić information content (AvgIpc) is 3.22. The Labute approximate surface area is 227 Å². The van der Waals surface area contributed by atoms with Crippen LogP contribution in [0.25, 0.3) is 0 Å². The predicted molar refractivity (Wildman–Crippen MR) is 140 cm³/mol. The molecule has 2 fully saturated rings. The van der Waals surface area contributed by atoms with Crippen LogP contribution in [0.15, 0.2) is 54.4 Å². The van der Waals surface area contributed by atoms with Crippen LogP contribution in [0.1, 0.15) is 45.4 Å². The number of para-hydroxylation sites is 1.